The first-order valence-corrected chi connectivity index (χ1v) is 8.97. The molecule has 0 atom stereocenters. The molecule has 0 aliphatic carbocycles. The molecule has 2 N–H and O–H groups in total. The molecule has 140 valence electrons. The topological polar surface area (TPSA) is 87.7 Å². The molecule has 2 amide bonds. The molecule has 0 spiro atoms. The third-order valence-corrected chi connectivity index (χ3v) is 4.25. The van der Waals surface area contributed by atoms with E-state index in [-0.39, 0.29) is 29.8 Å². The highest BCUT2D eigenvalue weighted by molar-refractivity contribution is 7.80. The molecule has 2 rings (SSSR count). The van der Waals surface area contributed by atoms with Gasteiger partial charge in [-0.2, -0.15) is 0 Å². The van der Waals surface area contributed by atoms with Crippen molar-refractivity contribution in [2.24, 2.45) is 0 Å². The van der Waals surface area contributed by atoms with Gasteiger partial charge in [-0.3, -0.25) is 14.4 Å². The van der Waals surface area contributed by atoms with E-state index in [1.54, 1.807) is 24.3 Å². The van der Waals surface area contributed by atoms with Gasteiger partial charge in [0, 0.05) is 30.8 Å². The summed E-state index contributed by atoms with van der Waals surface area (Å²) in [4.78, 5) is 37.2. The fourth-order valence-corrected chi connectivity index (χ4v) is 2.91. The number of nitrogens with zero attached hydrogens (tertiary/aromatic N) is 1. The summed E-state index contributed by atoms with van der Waals surface area (Å²) in [5, 5.41) is 5.50. The number of hydrogen-bond acceptors (Lipinski definition) is 5. The van der Waals surface area contributed by atoms with Crippen molar-refractivity contribution in [3.05, 3.63) is 29.8 Å². The molecule has 1 aromatic carbocycles. The third-order valence-electron chi connectivity index (χ3n) is 4.05. The number of nitrogens with one attached hydrogen (secondary N) is 2. The predicted molar refractivity (Wildman–Crippen MR) is 102 cm³/mol. The lowest BCUT2D eigenvalue weighted by molar-refractivity contribution is -0.142. The lowest BCUT2D eigenvalue weighted by Crippen LogP contribution is -2.36. The fraction of sp³-hybridized carbons (Fsp3) is 0.444. The van der Waals surface area contributed by atoms with Crippen LogP contribution in [0.1, 0.15) is 42.5 Å². The maximum atomic E-state index is 12.5. The van der Waals surface area contributed by atoms with E-state index < -0.39 is 5.97 Å². The van der Waals surface area contributed by atoms with E-state index in [9.17, 15) is 14.4 Å². The number of benzene rings is 1. The van der Waals surface area contributed by atoms with Gasteiger partial charge in [0.2, 0.25) is 5.91 Å². The SMILES string of the molecule is COC(=O)CCC(=O)NC(=S)Nc1cccc(C(=O)N2CCCCC2)c1. The largest absolute Gasteiger partial charge is 0.469 e. The van der Waals surface area contributed by atoms with E-state index in [0.29, 0.717) is 11.3 Å². The number of carbonyl (C=O) groups excluding carboxylic acids is 3. The molecule has 8 heteroatoms. The van der Waals surface area contributed by atoms with Crippen LogP contribution in [0.4, 0.5) is 5.69 Å². The quantitative estimate of drug-likeness (QED) is 0.603. The zero-order valence-electron chi connectivity index (χ0n) is 14.7. The van der Waals surface area contributed by atoms with Gasteiger partial charge in [-0.05, 0) is 49.7 Å². The van der Waals surface area contributed by atoms with E-state index in [2.05, 4.69) is 15.4 Å². The molecule has 1 heterocycles. The van der Waals surface area contributed by atoms with Crippen LogP contribution in [-0.2, 0) is 14.3 Å². The van der Waals surface area contributed by atoms with Crippen molar-refractivity contribution >= 4 is 40.8 Å². The number of likely N-dealkylation sites (tertiary alicyclic amines) is 1. The maximum absolute atomic E-state index is 12.5. The molecule has 0 aromatic heterocycles. The van der Waals surface area contributed by atoms with Gasteiger partial charge in [0.05, 0.1) is 13.5 Å². The summed E-state index contributed by atoms with van der Waals surface area (Å²) < 4.78 is 4.48. The Bertz CT molecular complexity index is 687. The molecule has 26 heavy (non-hydrogen) atoms. The Morgan fingerprint density at radius 2 is 1.88 bits per heavy atom. The summed E-state index contributed by atoms with van der Waals surface area (Å²) in [5.74, 6) is -0.835. The minimum absolute atomic E-state index is 0.00128. The van der Waals surface area contributed by atoms with Crippen LogP contribution in [0.2, 0.25) is 0 Å². The summed E-state index contributed by atoms with van der Waals surface area (Å²) in [6.45, 7) is 1.57. The van der Waals surface area contributed by atoms with Crippen molar-refractivity contribution in [2.45, 2.75) is 32.1 Å². The number of amides is 2. The predicted octanol–water partition coefficient (Wildman–Crippen LogP) is 2.08. The van der Waals surface area contributed by atoms with Gasteiger partial charge >= 0.3 is 5.97 Å². The lowest BCUT2D eigenvalue weighted by Gasteiger charge is -2.26. The Kier molecular flexibility index (Phi) is 7.53. The van der Waals surface area contributed by atoms with Gasteiger partial charge < -0.3 is 20.3 Å². The number of carbonyl (C=O) groups is 3. The lowest BCUT2D eigenvalue weighted by atomic mass is 10.1. The third kappa shape index (κ3) is 6.11. The molecule has 1 fully saturated rings. The molecular weight excluding hydrogens is 354 g/mol. The van der Waals surface area contributed by atoms with Crippen molar-refractivity contribution in [1.82, 2.24) is 10.2 Å². The van der Waals surface area contributed by atoms with E-state index >= 15 is 0 Å². The monoisotopic (exact) mass is 377 g/mol. The van der Waals surface area contributed by atoms with Crippen molar-refractivity contribution < 1.29 is 19.1 Å². The Morgan fingerprint density at radius 3 is 2.58 bits per heavy atom. The number of methoxy groups -OCH3 is 1. The van der Waals surface area contributed by atoms with Crippen molar-refractivity contribution in [3.8, 4) is 0 Å². The van der Waals surface area contributed by atoms with Crippen LogP contribution >= 0.6 is 12.2 Å². The highest BCUT2D eigenvalue weighted by atomic mass is 32.1. The normalized spacial score (nSPS) is 13.7. The molecule has 0 saturated carbocycles. The Balaban J connectivity index is 1.89. The molecule has 1 aliphatic heterocycles. The minimum atomic E-state index is -0.456. The minimum Gasteiger partial charge on any atom is -0.469 e. The number of piperidine rings is 1. The van der Waals surface area contributed by atoms with Crippen LogP contribution in [0.3, 0.4) is 0 Å². The van der Waals surface area contributed by atoms with Gasteiger partial charge in [-0.25, -0.2) is 0 Å². The van der Waals surface area contributed by atoms with E-state index in [1.807, 2.05) is 4.90 Å². The van der Waals surface area contributed by atoms with Crippen LogP contribution in [-0.4, -0.2) is 48.0 Å². The van der Waals surface area contributed by atoms with Gasteiger partial charge in [-0.1, -0.05) is 6.07 Å². The second-order valence-corrected chi connectivity index (χ2v) is 6.42. The highest BCUT2D eigenvalue weighted by Crippen LogP contribution is 2.16. The van der Waals surface area contributed by atoms with Gasteiger partial charge in [0.15, 0.2) is 5.11 Å². The van der Waals surface area contributed by atoms with Crippen LogP contribution in [0.15, 0.2) is 24.3 Å². The summed E-state index contributed by atoms with van der Waals surface area (Å²) in [7, 11) is 1.27. The standard InChI is InChI=1S/C18H23N3O4S/c1-25-16(23)9-8-15(22)20-18(26)19-14-7-5-6-13(12-14)17(24)21-10-3-2-4-11-21/h5-7,12H,2-4,8-11H2,1H3,(H2,19,20,22,26). The average Bonchev–Trinajstić information content (AvgIpc) is 2.66. The van der Waals surface area contributed by atoms with Gasteiger partial charge in [0.25, 0.3) is 5.91 Å². The first-order valence-electron chi connectivity index (χ1n) is 8.56. The van der Waals surface area contributed by atoms with Crippen LogP contribution in [0.5, 0.6) is 0 Å². The first kappa shape index (κ1) is 19.8. The summed E-state index contributed by atoms with van der Waals surface area (Å²) in [6.07, 6.45) is 3.21. The molecular formula is C18H23N3O4S. The van der Waals surface area contributed by atoms with E-state index in [4.69, 9.17) is 12.2 Å². The molecule has 7 nitrogen and oxygen atoms in total. The van der Waals surface area contributed by atoms with E-state index in [0.717, 1.165) is 32.4 Å². The second-order valence-electron chi connectivity index (χ2n) is 6.01. The molecule has 1 saturated heterocycles. The number of thiocarbonyl (C=S) groups is 1. The molecule has 1 aliphatic rings. The van der Waals surface area contributed by atoms with Crippen LogP contribution in [0, 0.1) is 0 Å². The highest BCUT2D eigenvalue weighted by Gasteiger charge is 2.18. The average molecular weight is 377 g/mol. The number of esters is 1. The summed E-state index contributed by atoms with van der Waals surface area (Å²) in [5.41, 5.74) is 1.20. The summed E-state index contributed by atoms with van der Waals surface area (Å²) >= 11 is 5.10. The number of hydrogen-bond donors (Lipinski definition) is 2. The van der Waals surface area contributed by atoms with Crippen molar-refractivity contribution in [2.75, 3.05) is 25.5 Å². The maximum Gasteiger partial charge on any atom is 0.306 e. The fourth-order valence-electron chi connectivity index (χ4n) is 2.68. The molecule has 0 unspecified atom stereocenters. The van der Waals surface area contributed by atoms with E-state index in [1.165, 1.54) is 7.11 Å². The zero-order chi connectivity index (χ0) is 18.9. The van der Waals surface area contributed by atoms with Crippen LogP contribution < -0.4 is 10.6 Å². The Hall–Kier alpha value is -2.48. The Morgan fingerprint density at radius 1 is 1.15 bits per heavy atom. The van der Waals surface area contributed by atoms with Crippen LogP contribution in [0.25, 0.3) is 0 Å². The summed E-state index contributed by atoms with van der Waals surface area (Å²) in [6, 6.07) is 7.01. The van der Waals surface area contributed by atoms with Crippen molar-refractivity contribution in [1.29, 1.82) is 0 Å². The number of anilines is 1. The number of rotatable bonds is 5. The first-order chi connectivity index (χ1) is 12.5. The van der Waals surface area contributed by atoms with Gasteiger partial charge in [0.1, 0.15) is 0 Å². The number of ether oxygens (including phenoxy) is 1. The molecule has 0 bridgehead atoms. The molecule has 1 aromatic rings. The zero-order valence-corrected chi connectivity index (χ0v) is 15.6. The second kappa shape index (κ2) is 9.86. The van der Waals surface area contributed by atoms with Gasteiger partial charge in [-0.15, -0.1) is 0 Å². The van der Waals surface area contributed by atoms with Crippen molar-refractivity contribution in [3.63, 3.8) is 0 Å². The Labute approximate surface area is 158 Å². The smallest absolute Gasteiger partial charge is 0.306 e. The molecule has 0 radical (unpaired) electrons.